The predicted molar refractivity (Wildman–Crippen MR) is 111 cm³/mol. The van der Waals surface area contributed by atoms with E-state index in [1.807, 2.05) is 39.8 Å². The normalized spacial score (nSPS) is 35.2. The van der Waals surface area contributed by atoms with Crippen molar-refractivity contribution in [2.75, 3.05) is 0 Å². The summed E-state index contributed by atoms with van der Waals surface area (Å²) in [5, 5.41) is 22.2. The summed E-state index contributed by atoms with van der Waals surface area (Å²) in [6.45, 7) is 16.2. The molecular weight excluding hydrogens is 320 g/mol. The average molecular weight is 357 g/mol. The fourth-order valence-electron chi connectivity index (χ4n) is 4.12. The van der Waals surface area contributed by atoms with Gasteiger partial charge in [-0.15, -0.1) is 0 Å². The third kappa shape index (κ3) is 4.66. The molecule has 2 nitrogen and oxygen atoms in total. The van der Waals surface area contributed by atoms with E-state index in [2.05, 4.69) is 25.3 Å². The van der Waals surface area contributed by atoms with Crippen LogP contribution in [-0.4, -0.2) is 21.4 Å². The van der Waals surface area contributed by atoms with Crippen LogP contribution in [0.2, 0.25) is 0 Å². The maximum Gasteiger partial charge on any atom is 0.0894 e. The van der Waals surface area contributed by atoms with E-state index in [-0.39, 0.29) is 0 Å². The molecule has 0 bridgehead atoms. The summed E-state index contributed by atoms with van der Waals surface area (Å²) in [5.74, 6) is 0.697. The highest BCUT2D eigenvalue weighted by molar-refractivity contribution is 5.25. The van der Waals surface area contributed by atoms with Gasteiger partial charge in [-0.05, 0) is 89.2 Å². The lowest BCUT2D eigenvalue weighted by Gasteiger charge is -2.37. The molecule has 2 aliphatic carbocycles. The van der Waals surface area contributed by atoms with Crippen molar-refractivity contribution in [2.24, 2.45) is 11.8 Å². The topological polar surface area (TPSA) is 40.5 Å². The van der Waals surface area contributed by atoms with Gasteiger partial charge in [-0.1, -0.05) is 48.6 Å². The third-order valence-corrected chi connectivity index (χ3v) is 6.52. The zero-order chi connectivity index (χ0) is 19.5. The Morgan fingerprint density at radius 1 is 0.923 bits per heavy atom. The van der Waals surface area contributed by atoms with Crippen LogP contribution in [0.3, 0.4) is 0 Å². The molecule has 0 aromatic heterocycles. The van der Waals surface area contributed by atoms with Crippen LogP contribution < -0.4 is 0 Å². The van der Waals surface area contributed by atoms with E-state index in [1.54, 1.807) is 0 Å². The van der Waals surface area contributed by atoms with Crippen LogP contribution in [0, 0.1) is 11.8 Å². The van der Waals surface area contributed by atoms with E-state index >= 15 is 0 Å². The van der Waals surface area contributed by atoms with Gasteiger partial charge in [0.15, 0.2) is 0 Å². The first-order chi connectivity index (χ1) is 12.1. The maximum atomic E-state index is 11.1. The minimum atomic E-state index is -0.793. The molecule has 2 N–H and O–H groups in total. The van der Waals surface area contributed by atoms with E-state index in [4.69, 9.17) is 0 Å². The largest absolute Gasteiger partial charge is 0.385 e. The van der Waals surface area contributed by atoms with Gasteiger partial charge >= 0.3 is 0 Å². The molecule has 0 aromatic carbocycles. The Hall–Kier alpha value is -1.38. The zero-order valence-corrected chi connectivity index (χ0v) is 17.0. The highest BCUT2D eigenvalue weighted by Gasteiger charge is 2.36. The lowest BCUT2D eigenvalue weighted by Crippen LogP contribution is -2.36. The zero-order valence-electron chi connectivity index (χ0n) is 17.0. The van der Waals surface area contributed by atoms with E-state index in [9.17, 15) is 10.2 Å². The second-order valence-electron chi connectivity index (χ2n) is 8.68. The fourth-order valence-corrected chi connectivity index (χ4v) is 4.12. The van der Waals surface area contributed by atoms with Crippen LogP contribution in [-0.2, 0) is 0 Å². The molecule has 0 fully saturated rings. The number of hydrogen-bond acceptors (Lipinski definition) is 2. The first kappa shape index (κ1) is 20.9. The number of hydrogen-bond donors (Lipinski definition) is 2. The van der Waals surface area contributed by atoms with Crippen molar-refractivity contribution >= 4 is 0 Å². The standard InChI is InChI=1S/C24H36O2/c1-17(2)21-11-9-19(5)23(25,15-21)13-7-8-14-24(26)16-22(18(3)4)12-10-20(24)6/h7-10,21-22,25-26H,1,3,11-16H2,2,4-6H3/b8-7+/t21-,22-,23-,24-/m1/s1. The number of aliphatic hydroxyl groups is 2. The number of allylic oxidation sites excluding steroid dienone is 4. The third-order valence-electron chi connectivity index (χ3n) is 6.52. The van der Waals surface area contributed by atoms with Crippen molar-refractivity contribution in [3.63, 3.8) is 0 Å². The van der Waals surface area contributed by atoms with Crippen LogP contribution in [0.1, 0.15) is 66.2 Å². The van der Waals surface area contributed by atoms with Gasteiger partial charge in [-0.25, -0.2) is 0 Å². The molecule has 0 saturated heterocycles. The summed E-state index contributed by atoms with van der Waals surface area (Å²) >= 11 is 0. The molecule has 26 heavy (non-hydrogen) atoms. The molecule has 2 aliphatic rings. The molecule has 0 spiro atoms. The molecule has 4 atom stereocenters. The van der Waals surface area contributed by atoms with Crippen molar-refractivity contribution in [1.29, 1.82) is 0 Å². The second-order valence-corrected chi connectivity index (χ2v) is 8.68. The van der Waals surface area contributed by atoms with Crippen LogP contribution >= 0.6 is 0 Å². The van der Waals surface area contributed by atoms with Gasteiger partial charge in [0.1, 0.15) is 0 Å². The Balaban J connectivity index is 2.02. The molecule has 144 valence electrons. The Labute approximate surface area is 159 Å². The summed E-state index contributed by atoms with van der Waals surface area (Å²) in [6, 6.07) is 0. The van der Waals surface area contributed by atoms with Gasteiger partial charge in [-0.3, -0.25) is 0 Å². The molecule has 0 amide bonds. The van der Waals surface area contributed by atoms with Gasteiger partial charge in [0, 0.05) is 0 Å². The van der Waals surface area contributed by atoms with Gasteiger partial charge in [-0.2, -0.15) is 0 Å². The Morgan fingerprint density at radius 2 is 1.27 bits per heavy atom. The molecule has 2 heteroatoms. The minimum Gasteiger partial charge on any atom is -0.385 e. The minimum absolute atomic E-state index is 0.348. The van der Waals surface area contributed by atoms with Gasteiger partial charge in [0.2, 0.25) is 0 Å². The summed E-state index contributed by atoms with van der Waals surface area (Å²) in [4.78, 5) is 0. The molecule has 0 saturated carbocycles. The Bertz CT molecular complexity index is 595. The second kappa shape index (κ2) is 8.10. The summed E-state index contributed by atoms with van der Waals surface area (Å²) in [7, 11) is 0. The molecule has 0 radical (unpaired) electrons. The molecule has 2 rings (SSSR count). The SMILES string of the molecule is C=C(C)[C@@H]1CC=C(C)[C@@](O)(C/C=C/C[C@@]2(O)C[C@H](C(=C)C)CC=C2C)C1. The van der Waals surface area contributed by atoms with Crippen molar-refractivity contribution in [3.8, 4) is 0 Å². The van der Waals surface area contributed by atoms with Crippen LogP contribution in [0.15, 0.2) is 59.8 Å². The van der Waals surface area contributed by atoms with Gasteiger partial charge in [0.25, 0.3) is 0 Å². The van der Waals surface area contributed by atoms with E-state index < -0.39 is 11.2 Å². The predicted octanol–water partition coefficient (Wildman–Crippen LogP) is 5.65. The highest BCUT2D eigenvalue weighted by Crippen LogP contribution is 2.40. The average Bonchev–Trinajstić information content (AvgIpc) is 2.57. The van der Waals surface area contributed by atoms with Gasteiger partial charge in [0.05, 0.1) is 11.2 Å². The van der Waals surface area contributed by atoms with E-state index in [1.165, 1.54) is 0 Å². The summed E-state index contributed by atoms with van der Waals surface area (Å²) in [6.07, 6.45) is 12.9. The first-order valence-corrected chi connectivity index (χ1v) is 9.82. The quantitative estimate of drug-likeness (QED) is 0.604. The lowest BCUT2D eigenvalue weighted by atomic mass is 9.73. The monoisotopic (exact) mass is 356 g/mol. The van der Waals surface area contributed by atoms with Crippen molar-refractivity contribution in [3.05, 3.63) is 59.8 Å². The fraction of sp³-hybridized carbons (Fsp3) is 0.583. The van der Waals surface area contributed by atoms with Crippen molar-refractivity contribution in [1.82, 2.24) is 0 Å². The first-order valence-electron chi connectivity index (χ1n) is 9.82. The lowest BCUT2D eigenvalue weighted by molar-refractivity contribution is 0.0482. The molecule has 0 unspecified atom stereocenters. The smallest absolute Gasteiger partial charge is 0.0894 e. The van der Waals surface area contributed by atoms with Crippen LogP contribution in [0.4, 0.5) is 0 Å². The maximum absolute atomic E-state index is 11.1. The molecule has 0 aliphatic heterocycles. The molecular formula is C24H36O2. The molecule has 0 aromatic rings. The summed E-state index contributed by atoms with van der Waals surface area (Å²) < 4.78 is 0. The summed E-state index contributed by atoms with van der Waals surface area (Å²) in [5.41, 5.74) is 2.79. The van der Waals surface area contributed by atoms with Crippen LogP contribution in [0.25, 0.3) is 0 Å². The van der Waals surface area contributed by atoms with Crippen LogP contribution in [0.5, 0.6) is 0 Å². The van der Waals surface area contributed by atoms with Crippen molar-refractivity contribution < 1.29 is 10.2 Å². The Kier molecular flexibility index (Phi) is 6.52. The Morgan fingerprint density at radius 3 is 1.58 bits per heavy atom. The van der Waals surface area contributed by atoms with E-state index in [0.29, 0.717) is 24.7 Å². The molecule has 0 heterocycles. The number of rotatable bonds is 6. The van der Waals surface area contributed by atoms with E-state index in [0.717, 1.165) is 48.0 Å². The van der Waals surface area contributed by atoms with Gasteiger partial charge < -0.3 is 10.2 Å². The van der Waals surface area contributed by atoms with Crippen molar-refractivity contribution in [2.45, 2.75) is 77.4 Å². The highest BCUT2D eigenvalue weighted by atomic mass is 16.3.